The van der Waals surface area contributed by atoms with Gasteiger partial charge in [-0.05, 0) is 48.9 Å². The highest BCUT2D eigenvalue weighted by Crippen LogP contribution is 2.46. The molecule has 0 fully saturated rings. The summed E-state index contributed by atoms with van der Waals surface area (Å²) in [5.74, 6) is 0. The largest absolute Gasteiger partial charge is 0.302 e. The fraction of sp³-hybridized carbons (Fsp3) is 0.0400. The van der Waals surface area contributed by atoms with Gasteiger partial charge in [0.2, 0.25) is 0 Å². The molecule has 0 atom stereocenters. The zero-order chi connectivity index (χ0) is 21.4. The maximum Gasteiger partial charge on any atom is 0.137 e. The first kappa shape index (κ1) is 19.9. The van der Waals surface area contributed by atoms with Crippen LogP contribution in [0.4, 0.5) is 5.69 Å². The molecular weight excluding hydrogens is 442 g/mol. The Morgan fingerprint density at radius 3 is 2.45 bits per heavy atom. The number of benzene rings is 3. The van der Waals surface area contributed by atoms with Crippen molar-refractivity contribution in [3.05, 3.63) is 104 Å². The van der Waals surface area contributed by atoms with E-state index in [0.717, 1.165) is 37.2 Å². The van der Waals surface area contributed by atoms with E-state index < -0.39 is 0 Å². The quantitative estimate of drug-likeness (QED) is 0.295. The Hall–Kier alpha value is -3.04. The van der Waals surface area contributed by atoms with Crippen molar-refractivity contribution in [3.63, 3.8) is 0 Å². The van der Waals surface area contributed by atoms with Crippen LogP contribution in [0.5, 0.6) is 0 Å². The fourth-order valence-corrected chi connectivity index (χ4v) is 5.62. The van der Waals surface area contributed by atoms with Crippen LogP contribution < -0.4 is 4.90 Å². The Balaban J connectivity index is 1.68. The summed E-state index contributed by atoms with van der Waals surface area (Å²) in [5, 5.41) is 14.5. The third kappa shape index (κ3) is 3.75. The third-order valence-corrected chi connectivity index (χ3v) is 7.25. The second-order valence-electron chi connectivity index (χ2n) is 7.08. The standard InChI is InChI=1S/C25H16ClN3S2/c1-16-6-12-19(13-7-16)29-22(17-8-10-18(26)11-9-17)15-30-25(29)20(14-27)24-28-21-4-2-3-5-23(21)31-24/h2-13,15H,1H3. The first-order valence-corrected chi connectivity index (χ1v) is 11.7. The molecule has 150 valence electrons. The number of thioether (sulfide) groups is 1. The molecule has 3 aromatic carbocycles. The Bertz CT molecular complexity index is 1340. The van der Waals surface area contributed by atoms with Crippen LogP contribution in [0, 0.1) is 18.3 Å². The molecule has 1 aliphatic rings. The average molecular weight is 458 g/mol. The molecule has 0 amide bonds. The summed E-state index contributed by atoms with van der Waals surface area (Å²) in [5.41, 5.74) is 5.72. The topological polar surface area (TPSA) is 39.9 Å². The molecule has 0 aliphatic carbocycles. The molecule has 0 saturated carbocycles. The Labute approximate surface area is 193 Å². The van der Waals surface area contributed by atoms with Crippen molar-refractivity contribution in [2.45, 2.75) is 6.92 Å². The van der Waals surface area contributed by atoms with E-state index in [-0.39, 0.29) is 0 Å². The van der Waals surface area contributed by atoms with Gasteiger partial charge in [-0.3, -0.25) is 0 Å². The number of rotatable bonds is 3. The number of aromatic nitrogens is 1. The van der Waals surface area contributed by atoms with Crippen molar-refractivity contribution < 1.29 is 0 Å². The zero-order valence-corrected chi connectivity index (χ0v) is 18.9. The molecule has 1 aliphatic heterocycles. The van der Waals surface area contributed by atoms with Crippen LogP contribution in [0.15, 0.2) is 83.2 Å². The van der Waals surface area contributed by atoms with Gasteiger partial charge < -0.3 is 4.90 Å². The number of nitrogens with zero attached hydrogens (tertiary/aromatic N) is 3. The van der Waals surface area contributed by atoms with E-state index >= 15 is 0 Å². The van der Waals surface area contributed by atoms with Crippen molar-refractivity contribution in [2.75, 3.05) is 4.90 Å². The summed E-state index contributed by atoms with van der Waals surface area (Å²) in [6.45, 7) is 2.07. The number of anilines is 1. The summed E-state index contributed by atoms with van der Waals surface area (Å²) in [4.78, 5) is 6.87. The number of hydrogen-bond acceptors (Lipinski definition) is 5. The van der Waals surface area contributed by atoms with Gasteiger partial charge in [-0.25, -0.2) is 4.98 Å². The number of allylic oxidation sites excluding steroid dienone is 1. The van der Waals surface area contributed by atoms with Gasteiger partial charge in [-0.15, -0.1) is 11.3 Å². The molecule has 0 unspecified atom stereocenters. The van der Waals surface area contributed by atoms with Crippen LogP contribution in [-0.4, -0.2) is 4.98 Å². The highest BCUT2D eigenvalue weighted by atomic mass is 35.5. The summed E-state index contributed by atoms with van der Waals surface area (Å²) >= 11 is 9.20. The average Bonchev–Trinajstić information content (AvgIpc) is 3.40. The second kappa shape index (κ2) is 8.24. The predicted molar refractivity (Wildman–Crippen MR) is 133 cm³/mol. The van der Waals surface area contributed by atoms with Gasteiger partial charge in [0.25, 0.3) is 0 Å². The summed E-state index contributed by atoms with van der Waals surface area (Å²) in [6.07, 6.45) is 0. The minimum atomic E-state index is 0.576. The van der Waals surface area contributed by atoms with Crippen molar-refractivity contribution >= 4 is 61.9 Å². The highest BCUT2D eigenvalue weighted by molar-refractivity contribution is 8.06. The molecule has 3 nitrogen and oxygen atoms in total. The maximum absolute atomic E-state index is 10.1. The van der Waals surface area contributed by atoms with Gasteiger partial charge >= 0.3 is 0 Å². The van der Waals surface area contributed by atoms with Gasteiger partial charge in [0.05, 0.1) is 15.9 Å². The van der Waals surface area contributed by atoms with Crippen LogP contribution in [0.2, 0.25) is 5.02 Å². The van der Waals surface area contributed by atoms with Crippen LogP contribution in [0.1, 0.15) is 16.1 Å². The maximum atomic E-state index is 10.1. The third-order valence-electron chi connectivity index (χ3n) is 4.99. The zero-order valence-electron chi connectivity index (χ0n) is 16.5. The lowest BCUT2D eigenvalue weighted by Crippen LogP contribution is -2.16. The lowest BCUT2D eigenvalue weighted by molar-refractivity contribution is 1.27. The van der Waals surface area contributed by atoms with Crippen molar-refractivity contribution in [2.24, 2.45) is 0 Å². The van der Waals surface area contributed by atoms with E-state index in [1.54, 1.807) is 23.1 Å². The number of aryl methyl sites for hydroxylation is 1. The van der Waals surface area contributed by atoms with Crippen LogP contribution >= 0.6 is 34.7 Å². The first-order valence-electron chi connectivity index (χ1n) is 9.64. The van der Waals surface area contributed by atoms with Crippen LogP contribution in [0.25, 0.3) is 21.5 Å². The number of nitriles is 1. The van der Waals surface area contributed by atoms with E-state index in [1.807, 2.05) is 48.5 Å². The van der Waals surface area contributed by atoms with Gasteiger partial charge in [-0.1, -0.05) is 65.3 Å². The molecule has 4 aromatic rings. The van der Waals surface area contributed by atoms with Crippen molar-refractivity contribution in [3.8, 4) is 6.07 Å². The van der Waals surface area contributed by atoms with Gasteiger partial charge in [0, 0.05) is 16.1 Å². The summed E-state index contributed by atoms with van der Waals surface area (Å²) in [6, 6.07) is 26.5. The fourth-order valence-electron chi connectivity index (χ4n) is 3.43. The minimum absolute atomic E-state index is 0.576. The van der Waals surface area contributed by atoms with Crippen LogP contribution in [0.3, 0.4) is 0 Å². The lowest BCUT2D eigenvalue weighted by atomic mass is 10.1. The summed E-state index contributed by atoms with van der Waals surface area (Å²) in [7, 11) is 0. The Morgan fingerprint density at radius 2 is 1.74 bits per heavy atom. The molecule has 1 aromatic heterocycles. The molecule has 0 saturated heterocycles. The number of fused-ring (bicyclic) bond motifs is 1. The second-order valence-corrected chi connectivity index (χ2v) is 9.40. The smallest absolute Gasteiger partial charge is 0.137 e. The molecule has 0 N–H and O–H groups in total. The monoisotopic (exact) mass is 457 g/mol. The van der Waals surface area contributed by atoms with Gasteiger partial charge in [0.15, 0.2) is 0 Å². The predicted octanol–water partition coefficient (Wildman–Crippen LogP) is 7.70. The van der Waals surface area contributed by atoms with E-state index in [4.69, 9.17) is 16.6 Å². The van der Waals surface area contributed by atoms with E-state index in [1.165, 1.54) is 5.56 Å². The van der Waals surface area contributed by atoms with Crippen LogP contribution in [-0.2, 0) is 0 Å². The van der Waals surface area contributed by atoms with Crippen molar-refractivity contribution in [1.29, 1.82) is 5.26 Å². The normalized spacial score (nSPS) is 15.1. The molecule has 2 heterocycles. The summed E-state index contributed by atoms with van der Waals surface area (Å²) < 4.78 is 1.07. The number of thiazole rings is 1. The Kier molecular flexibility index (Phi) is 5.29. The molecule has 31 heavy (non-hydrogen) atoms. The van der Waals surface area contributed by atoms with Crippen molar-refractivity contribution in [1.82, 2.24) is 4.98 Å². The van der Waals surface area contributed by atoms with Gasteiger partial charge in [0.1, 0.15) is 21.7 Å². The number of hydrogen-bond donors (Lipinski definition) is 0. The SMILES string of the molecule is Cc1ccc(N2C(c3ccc(Cl)cc3)=CSC2=C(C#N)c2nc3ccccc3s2)cc1. The Morgan fingerprint density at radius 1 is 1.00 bits per heavy atom. The molecule has 5 rings (SSSR count). The molecule has 0 radical (unpaired) electrons. The molecular formula is C25H16ClN3S2. The molecule has 6 heteroatoms. The number of para-hydroxylation sites is 1. The first-order chi connectivity index (χ1) is 15.1. The molecule has 0 bridgehead atoms. The highest BCUT2D eigenvalue weighted by Gasteiger charge is 2.29. The van der Waals surface area contributed by atoms with E-state index in [2.05, 4.69) is 47.6 Å². The minimum Gasteiger partial charge on any atom is -0.302 e. The molecule has 0 spiro atoms. The van der Waals surface area contributed by atoms with E-state index in [0.29, 0.717) is 10.6 Å². The lowest BCUT2D eigenvalue weighted by Gasteiger charge is -2.24. The van der Waals surface area contributed by atoms with Gasteiger partial charge in [-0.2, -0.15) is 5.26 Å². The number of halogens is 1. The van der Waals surface area contributed by atoms with E-state index in [9.17, 15) is 5.26 Å².